The van der Waals surface area contributed by atoms with Gasteiger partial charge in [0.05, 0.1) is 12.6 Å². The number of aromatic nitrogens is 1. The number of carboxylic acids is 1. The van der Waals surface area contributed by atoms with Gasteiger partial charge in [-0.15, -0.1) is 0 Å². The van der Waals surface area contributed by atoms with Gasteiger partial charge in [0.15, 0.2) is 0 Å². The average molecular weight is 409 g/mol. The molecule has 4 rings (SSSR count). The number of aromatic carboxylic acids is 1. The van der Waals surface area contributed by atoms with Crippen LogP contribution >= 0.6 is 0 Å². The van der Waals surface area contributed by atoms with Crippen LogP contribution in [0.3, 0.4) is 0 Å². The molecule has 1 aromatic carbocycles. The van der Waals surface area contributed by atoms with Crippen LogP contribution in [-0.4, -0.2) is 72.0 Å². The molecule has 0 spiro atoms. The number of anilines is 1. The van der Waals surface area contributed by atoms with E-state index in [1.165, 1.54) is 11.1 Å². The van der Waals surface area contributed by atoms with E-state index in [4.69, 9.17) is 0 Å². The number of carbonyl (C=O) groups excluding carboxylic acids is 1. The first-order chi connectivity index (χ1) is 14.3. The van der Waals surface area contributed by atoms with E-state index in [1.807, 2.05) is 37.2 Å². The standard InChI is InChI=1S/C23H28N4O3/c1-15-6-4-5-7-18(15)22-19-13-26(17-8-9-24-20(10-17)23(29)30)11-16(19)12-27(22)21(28)14-25(2)3/h4-10,16,19,22H,11-14H2,1-3H3,(H,29,30)/t16-,19-,22+/m1/s1. The molecule has 2 aromatic rings. The Morgan fingerprint density at radius 3 is 2.63 bits per heavy atom. The van der Waals surface area contributed by atoms with Gasteiger partial charge in [-0.25, -0.2) is 9.78 Å². The second-order valence-electron chi connectivity index (χ2n) is 8.62. The van der Waals surface area contributed by atoms with Gasteiger partial charge in [-0.3, -0.25) is 4.79 Å². The van der Waals surface area contributed by atoms with E-state index in [2.05, 4.69) is 33.8 Å². The lowest BCUT2D eigenvalue weighted by Crippen LogP contribution is -2.40. The lowest BCUT2D eigenvalue weighted by molar-refractivity contribution is -0.133. The third kappa shape index (κ3) is 3.77. The molecule has 3 atom stereocenters. The first kappa shape index (κ1) is 20.3. The summed E-state index contributed by atoms with van der Waals surface area (Å²) in [5, 5.41) is 9.27. The second-order valence-corrected chi connectivity index (χ2v) is 8.62. The lowest BCUT2D eigenvalue weighted by Gasteiger charge is -2.32. The minimum absolute atomic E-state index is 0.0365. The molecule has 0 aliphatic carbocycles. The topological polar surface area (TPSA) is 77.0 Å². The van der Waals surface area contributed by atoms with Crippen molar-refractivity contribution in [2.45, 2.75) is 13.0 Å². The van der Waals surface area contributed by atoms with Crippen LogP contribution in [0.15, 0.2) is 42.6 Å². The van der Waals surface area contributed by atoms with Gasteiger partial charge < -0.3 is 19.8 Å². The predicted octanol–water partition coefficient (Wildman–Crippen LogP) is 2.29. The molecule has 1 amide bonds. The number of hydrogen-bond acceptors (Lipinski definition) is 5. The van der Waals surface area contributed by atoms with Gasteiger partial charge in [-0.2, -0.15) is 0 Å². The first-order valence-electron chi connectivity index (χ1n) is 10.3. The highest BCUT2D eigenvalue weighted by molar-refractivity contribution is 5.86. The summed E-state index contributed by atoms with van der Waals surface area (Å²) in [6, 6.07) is 11.9. The SMILES string of the molecule is Cc1ccccc1[C@H]1[C@@H]2CN(c3ccnc(C(=O)O)c3)C[C@@H]2CN1C(=O)CN(C)C. The van der Waals surface area contributed by atoms with Crippen molar-refractivity contribution < 1.29 is 14.7 Å². The van der Waals surface area contributed by atoms with E-state index in [-0.39, 0.29) is 17.6 Å². The number of benzene rings is 1. The molecule has 7 heteroatoms. The molecular formula is C23H28N4O3. The highest BCUT2D eigenvalue weighted by Gasteiger charge is 2.49. The number of likely N-dealkylation sites (N-methyl/N-ethyl adjacent to an activating group) is 1. The van der Waals surface area contributed by atoms with Crippen molar-refractivity contribution in [2.24, 2.45) is 11.8 Å². The van der Waals surface area contributed by atoms with Gasteiger partial charge in [0, 0.05) is 43.4 Å². The summed E-state index contributed by atoms with van der Waals surface area (Å²) in [7, 11) is 3.84. The molecule has 1 aromatic heterocycles. The summed E-state index contributed by atoms with van der Waals surface area (Å²) in [5.74, 6) is -0.207. The number of nitrogens with zero attached hydrogens (tertiary/aromatic N) is 4. The van der Waals surface area contributed by atoms with Crippen LogP contribution in [0.4, 0.5) is 5.69 Å². The molecule has 2 aliphatic heterocycles. The van der Waals surface area contributed by atoms with Gasteiger partial charge in [0.25, 0.3) is 0 Å². The molecule has 0 unspecified atom stereocenters. The zero-order chi connectivity index (χ0) is 21.4. The zero-order valence-electron chi connectivity index (χ0n) is 17.7. The maximum absolute atomic E-state index is 13.1. The summed E-state index contributed by atoms with van der Waals surface area (Å²) in [6.45, 7) is 4.83. The average Bonchev–Trinajstić information content (AvgIpc) is 3.26. The van der Waals surface area contributed by atoms with Crippen LogP contribution < -0.4 is 4.90 Å². The smallest absolute Gasteiger partial charge is 0.354 e. The Morgan fingerprint density at radius 1 is 1.17 bits per heavy atom. The Morgan fingerprint density at radius 2 is 1.93 bits per heavy atom. The number of fused-ring (bicyclic) bond motifs is 1. The van der Waals surface area contributed by atoms with Gasteiger partial charge in [-0.1, -0.05) is 24.3 Å². The van der Waals surface area contributed by atoms with E-state index in [0.29, 0.717) is 18.4 Å². The highest BCUT2D eigenvalue weighted by Crippen LogP contribution is 2.46. The number of amides is 1. The number of hydrogen-bond donors (Lipinski definition) is 1. The number of aryl methyl sites for hydroxylation is 1. The van der Waals surface area contributed by atoms with E-state index < -0.39 is 5.97 Å². The van der Waals surface area contributed by atoms with Gasteiger partial charge in [-0.05, 0) is 44.3 Å². The van der Waals surface area contributed by atoms with E-state index in [9.17, 15) is 14.7 Å². The van der Waals surface area contributed by atoms with E-state index in [0.717, 1.165) is 25.3 Å². The van der Waals surface area contributed by atoms with Crippen LogP contribution in [0.25, 0.3) is 0 Å². The molecule has 158 valence electrons. The van der Waals surface area contributed by atoms with Crippen molar-refractivity contribution in [2.75, 3.05) is 45.2 Å². The Hall–Kier alpha value is -2.93. The minimum Gasteiger partial charge on any atom is -0.477 e. The molecule has 0 radical (unpaired) electrons. The minimum atomic E-state index is -1.02. The molecule has 2 aliphatic rings. The van der Waals surface area contributed by atoms with Crippen LogP contribution in [-0.2, 0) is 4.79 Å². The molecule has 2 saturated heterocycles. The van der Waals surface area contributed by atoms with Crippen LogP contribution in [0.2, 0.25) is 0 Å². The Labute approximate surface area is 176 Å². The van der Waals surface area contributed by atoms with Crippen molar-refractivity contribution in [1.29, 1.82) is 0 Å². The van der Waals surface area contributed by atoms with Crippen molar-refractivity contribution >= 4 is 17.6 Å². The number of carboxylic acid groups (broad SMARTS) is 1. The Balaban J connectivity index is 1.63. The summed E-state index contributed by atoms with van der Waals surface area (Å²) < 4.78 is 0. The van der Waals surface area contributed by atoms with E-state index >= 15 is 0 Å². The van der Waals surface area contributed by atoms with Gasteiger partial charge >= 0.3 is 5.97 Å². The largest absolute Gasteiger partial charge is 0.477 e. The normalized spacial score (nSPS) is 23.1. The number of rotatable bonds is 5. The fourth-order valence-corrected chi connectivity index (χ4v) is 4.92. The molecular weight excluding hydrogens is 380 g/mol. The first-order valence-corrected chi connectivity index (χ1v) is 10.3. The van der Waals surface area contributed by atoms with Crippen molar-refractivity contribution in [1.82, 2.24) is 14.8 Å². The number of carbonyl (C=O) groups is 2. The van der Waals surface area contributed by atoms with Crippen LogP contribution in [0, 0.1) is 18.8 Å². The molecule has 1 N–H and O–H groups in total. The molecule has 0 bridgehead atoms. The summed E-state index contributed by atoms with van der Waals surface area (Å²) in [5.41, 5.74) is 3.34. The van der Waals surface area contributed by atoms with Crippen LogP contribution in [0.1, 0.15) is 27.7 Å². The molecule has 7 nitrogen and oxygen atoms in total. The number of likely N-dealkylation sites (tertiary alicyclic amines) is 1. The molecule has 30 heavy (non-hydrogen) atoms. The lowest BCUT2D eigenvalue weighted by atomic mass is 9.87. The van der Waals surface area contributed by atoms with Crippen LogP contribution in [0.5, 0.6) is 0 Å². The second kappa shape index (κ2) is 8.07. The fraction of sp³-hybridized carbons (Fsp3) is 0.435. The van der Waals surface area contributed by atoms with Gasteiger partial charge in [0.1, 0.15) is 5.69 Å². The third-order valence-corrected chi connectivity index (χ3v) is 6.27. The van der Waals surface area contributed by atoms with Gasteiger partial charge in [0.2, 0.25) is 5.91 Å². The third-order valence-electron chi connectivity index (χ3n) is 6.27. The van der Waals surface area contributed by atoms with Crippen molar-refractivity contribution in [3.8, 4) is 0 Å². The van der Waals surface area contributed by atoms with E-state index in [1.54, 1.807) is 12.3 Å². The van der Waals surface area contributed by atoms with Crippen molar-refractivity contribution in [3.63, 3.8) is 0 Å². The summed E-state index contributed by atoms with van der Waals surface area (Å²) >= 11 is 0. The summed E-state index contributed by atoms with van der Waals surface area (Å²) in [6.07, 6.45) is 1.55. The Bertz CT molecular complexity index is 961. The maximum Gasteiger partial charge on any atom is 0.354 e. The Kier molecular flexibility index (Phi) is 5.47. The molecule has 2 fully saturated rings. The zero-order valence-corrected chi connectivity index (χ0v) is 17.7. The van der Waals surface area contributed by atoms with Crippen molar-refractivity contribution in [3.05, 3.63) is 59.4 Å². The molecule has 0 saturated carbocycles. The summed E-state index contributed by atoms with van der Waals surface area (Å²) in [4.78, 5) is 34.5. The predicted molar refractivity (Wildman–Crippen MR) is 115 cm³/mol. The highest BCUT2D eigenvalue weighted by atomic mass is 16.4. The fourth-order valence-electron chi connectivity index (χ4n) is 4.92. The maximum atomic E-state index is 13.1. The quantitative estimate of drug-likeness (QED) is 0.818. The molecule has 3 heterocycles. The number of pyridine rings is 1. The monoisotopic (exact) mass is 408 g/mol.